The van der Waals surface area contributed by atoms with Gasteiger partial charge >= 0.3 is 0 Å². The Balaban J connectivity index is 1.54. The monoisotopic (exact) mass is 473 g/mol. The molecule has 1 spiro atoms. The van der Waals surface area contributed by atoms with Gasteiger partial charge in [0.15, 0.2) is 5.79 Å². The van der Waals surface area contributed by atoms with Crippen molar-refractivity contribution >= 4 is 23.2 Å². The molecule has 2 N–H and O–H groups in total. The summed E-state index contributed by atoms with van der Waals surface area (Å²) in [5, 5.41) is 7.02. The molecular weight excluding hydrogens is 438 g/mol. The molecule has 1 saturated carbocycles. The molecule has 0 radical (unpaired) electrons. The number of nitrogens with one attached hydrogen (secondary N) is 2. The number of carbonyl (C=O) groups excluding carboxylic acids is 1. The van der Waals surface area contributed by atoms with Crippen LogP contribution in [-0.2, 0) is 9.47 Å². The predicted molar refractivity (Wildman–Crippen MR) is 133 cm³/mol. The molecule has 1 aliphatic carbocycles. The number of rotatable bonds is 6. The third kappa shape index (κ3) is 5.23. The van der Waals surface area contributed by atoms with Crippen molar-refractivity contribution in [2.45, 2.75) is 65.2 Å². The van der Waals surface area contributed by atoms with E-state index in [4.69, 9.17) is 21.1 Å². The molecule has 33 heavy (non-hydrogen) atoms. The van der Waals surface area contributed by atoms with Gasteiger partial charge in [-0.05, 0) is 75.5 Å². The third-order valence-electron chi connectivity index (χ3n) is 7.17. The topological polar surface area (TPSA) is 62.8 Å². The van der Waals surface area contributed by atoms with Gasteiger partial charge in [-0.1, -0.05) is 11.6 Å². The maximum Gasteiger partial charge on any atom is 0.251 e. The van der Waals surface area contributed by atoms with E-state index in [1.807, 2.05) is 19.9 Å². The Hall–Kier alpha value is -2.02. The minimum absolute atomic E-state index is 0.0959. The van der Waals surface area contributed by atoms with E-state index in [0.717, 1.165) is 55.7 Å². The molecule has 2 aliphatic heterocycles. The maximum atomic E-state index is 13.2. The molecule has 1 unspecified atom stereocenters. The zero-order chi connectivity index (χ0) is 23.6. The number of ether oxygens (including phenoxy) is 2. The number of nitrogens with zero attached hydrogens (tertiary/aromatic N) is 1. The molecule has 1 amide bonds. The van der Waals surface area contributed by atoms with Crippen molar-refractivity contribution in [1.29, 1.82) is 0 Å². The maximum absolute atomic E-state index is 13.2. The molecule has 2 fully saturated rings. The highest BCUT2D eigenvalue weighted by Gasteiger charge is 2.43. The van der Waals surface area contributed by atoms with Crippen molar-refractivity contribution in [1.82, 2.24) is 10.6 Å². The van der Waals surface area contributed by atoms with Crippen LogP contribution in [0.5, 0.6) is 0 Å². The van der Waals surface area contributed by atoms with E-state index in [-0.39, 0.29) is 11.9 Å². The molecule has 1 aromatic carbocycles. The van der Waals surface area contributed by atoms with E-state index >= 15 is 0 Å². The van der Waals surface area contributed by atoms with Crippen molar-refractivity contribution in [2.24, 2.45) is 0 Å². The lowest BCUT2D eigenvalue weighted by molar-refractivity contribution is -0.180. The number of hydrogen-bond acceptors (Lipinski definition) is 5. The first kappa shape index (κ1) is 24.1. The first-order valence-corrected chi connectivity index (χ1v) is 12.4. The highest BCUT2D eigenvalue weighted by Crippen LogP contribution is 2.40. The van der Waals surface area contributed by atoms with E-state index in [9.17, 15) is 4.79 Å². The van der Waals surface area contributed by atoms with Crippen LogP contribution in [0.1, 0.15) is 62.4 Å². The van der Waals surface area contributed by atoms with Crippen LogP contribution in [0.2, 0.25) is 5.02 Å². The van der Waals surface area contributed by atoms with Gasteiger partial charge in [0.1, 0.15) is 0 Å². The van der Waals surface area contributed by atoms with Crippen LogP contribution in [0.15, 0.2) is 35.1 Å². The van der Waals surface area contributed by atoms with Gasteiger partial charge in [0.2, 0.25) is 0 Å². The smallest absolute Gasteiger partial charge is 0.251 e. The minimum Gasteiger partial charge on any atom is -0.385 e. The van der Waals surface area contributed by atoms with Crippen molar-refractivity contribution < 1.29 is 14.3 Å². The van der Waals surface area contributed by atoms with E-state index in [1.54, 1.807) is 6.07 Å². The number of benzene rings is 1. The lowest BCUT2D eigenvalue weighted by atomic mass is 9.88. The second kappa shape index (κ2) is 10.1. The number of halogens is 1. The highest BCUT2D eigenvalue weighted by molar-refractivity contribution is 6.31. The molecule has 1 atom stereocenters. The summed E-state index contributed by atoms with van der Waals surface area (Å²) in [7, 11) is 0. The number of hydrogen-bond donors (Lipinski definition) is 2. The van der Waals surface area contributed by atoms with E-state index in [2.05, 4.69) is 35.5 Å². The first-order chi connectivity index (χ1) is 15.8. The molecule has 2 heterocycles. The second-order valence-corrected chi connectivity index (χ2v) is 9.83. The Kier molecular flexibility index (Phi) is 7.37. The lowest BCUT2D eigenvalue weighted by Gasteiger charge is -2.42. The normalized spacial score (nSPS) is 22.2. The third-order valence-corrected chi connectivity index (χ3v) is 7.39. The fourth-order valence-corrected chi connectivity index (χ4v) is 5.58. The summed E-state index contributed by atoms with van der Waals surface area (Å²) in [5.74, 6) is -0.545. The molecule has 0 aromatic heterocycles. The van der Waals surface area contributed by atoms with Crippen molar-refractivity contribution in [3.8, 4) is 0 Å². The molecule has 6 nitrogen and oxygen atoms in total. The van der Waals surface area contributed by atoms with Gasteiger partial charge in [-0.2, -0.15) is 0 Å². The number of dihydropyridines is 1. The molecular formula is C26H36ClN3O3. The van der Waals surface area contributed by atoms with Crippen LogP contribution in [0.3, 0.4) is 0 Å². The summed E-state index contributed by atoms with van der Waals surface area (Å²) in [5.41, 5.74) is 6.14. The van der Waals surface area contributed by atoms with Crippen LogP contribution >= 0.6 is 11.6 Å². The first-order valence-electron chi connectivity index (χ1n) is 12.1. The van der Waals surface area contributed by atoms with Crippen molar-refractivity contribution in [2.75, 3.05) is 37.7 Å². The Bertz CT molecular complexity index is 966. The average Bonchev–Trinajstić information content (AvgIpc) is 3.23. The van der Waals surface area contributed by atoms with Gasteiger partial charge in [0.25, 0.3) is 5.91 Å². The summed E-state index contributed by atoms with van der Waals surface area (Å²) < 4.78 is 12.0. The molecule has 4 rings (SSSR count). The van der Waals surface area contributed by atoms with Gasteiger partial charge < -0.3 is 25.0 Å². The SMILES string of the molecule is CCN(c1cc(Cl)cc(C(=O)NCC2=C(C)C=C(C)NC2)c1C)C1CCCC2(C1)OCCO2. The quantitative estimate of drug-likeness (QED) is 0.626. The second-order valence-electron chi connectivity index (χ2n) is 9.39. The molecule has 1 saturated heterocycles. The van der Waals surface area contributed by atoms with Crippen LogP contribution in [0.4, 0.5) is 5.69 Å². The summed E-state index contributed by atoms with van der Waals surface area (Å²) >= 11 is 6.53. The molecule has 0 bridgehead atoms. The van der Waals surface area contributed by atoms with Gasteiger partial charge in [0, 0.05) is 60.5 Å². The fraction of sp³-hybridized carbons (Fsp3) is 0.577. The zero-order valence-corrected chi connectivity index (χ0v) is 21.0. The Morgan fingerprint density at radius 3 is 2.73 bits per heavy atom. The minimum atomic E-state index is -0.449. The highest BCUT2D eigenvalue weighted by atomic mass is 35.5. The Morgan fingerprint density at radius 1 is 1.27 bits per heavy atom. The summed E-state index contributed by atoms with van der Waals surface area (Å²) in [6.07, 6.45) is 6.03. The van der Waals surface area contributed by atoms with Crippen molar-refractivity contribution in [3.05, 3.63) is 51.2 Å². The standard InChI is InChI=1S/C26H36ClN3O3/c1-5-30(22-7-6-8-26(14-22)32-9-10-33-26)24-13-21(27)12-23(19(24)4)25(31)29-16-20-15-28-18(3)11-17(20)2/h11-13,22,28H,5-10,14-16H2,1-4H3,(H,29,31). The number of anilines is 1. The summed E-state index contributed by atoms with van der Waals surface area (Å²) in [6, 6.07) is 4.05. The summed E-state index contributed by atoms with van der Waals surface area (Å²) in [6.45, 7) is 11.7. The average molecular weight is 474 g/mol. The predicted octanol–water partition coefficient (Wildman–Crippen LogP) is 4.71. The van der Waals surface area contributed by atoms with E-state index < -0.39 is 5.79 Å². The van der Waals surface area contributed by atoms with Crippen LogP contribution < -0.4 is 15.5 Å². The largest absolute Gasteiger partial charge is 0.385 e. The van der Waals surface area contributed by atoms with E-state index in [0.29, 0.717) is 30.3 Å². The number of allylic oxidation sites excluding steroid dienone is 3. The molecule has 1 aromatic rings. The van der Waals surface area contributed by atoms with Crippen LogP contribution in [0, 0.1) is 6.92 Å². The molecule has 3 aliphatic rings. The molecule has 7 heteroatoms. The van der Waals surface area contributed by atoms with Gasteiger partial charge in [0.05, 0.1) is 13.2 Å². The van der Waals surface area contributed by atoms with Crippen molar-refractivity contribution in [3.63, 3.8) is 0 Å². The fourth-order valence-electron chi connectivity index (χ4n) is 5.37. The van der Waals surface area contributed by atoms with Gasteiger partial charge in [-0.15, -0.1) is 0 Å². The summed E-state index contributed by atoms with van der Waals surface area (Å²) in [4.78, 5) is 15.6. The van der Waals surface area contributed by atoms with Gasteiger partial charge in [-0.3, -0.25) is 4.79 Å². The Labute approximate surface area is 202 Å². The van der Waals surface area contributed by atoms with Crippen LogP contribution in [-0.4, -0.2) is 50.6 Å². The Morgan fingerprint density at radius 2 is 2.03 bits per heavy atom. The van der Waals surface area contributed by atoms with E-state index in [1.165, 1.54) is 11.1 Å². The zero-order valence-electron chi connectivity index (χ0n) is 20.2. The van der Waals surface area contributed by atoms with Crippen LogP contribution in [0.25, 0.3) is 0 Å². The number of amides is 1. The molecule has 180 valence electrons. The van der Waals surface area contributed by atoms with Gasteiger partial charge in [-0.25, -0.2) is 0 Å². The number of carbonyl (C=O) groups is 1. The lowest BCUT2D eigenvalue weighted by Crippen LogP contribution is -2.47.